The van der Waals surface area contributed by atoms with Gasteiger partial charge in [0.1, 0.15) is 0 Å². The van der Waals surface area contributed by atoms with Gasteiger partial charge in [-0.3, -0.25) is 0 Å². The normalized spacial score (nSPS) is 12.2. The molecule has 0 fully saturated rings. The van der Waals surface area contributed by atoms with Gasteiger partial charge in [-0.15, -0.1) is 0 Å². The van der Waals surface area contributed by atoms with E-state index < -0.39 is 30.8 Å². The van der Waals surface area contributed by atoms with E-state index in [9.17, 15) is 13.2 Å². The Morgan fingerprint density at radius 2 is 1.33 bits per heavy atom. The van der Waals surface area contributed by atoms with E-state index in [-0.39, 0.29) is 9.80 Å². The van der Waals surface area contributed by atoms with E-state index in [1.807, 2.05) is 68.4 Å². The Hall–Kier alpha value is -2.66. The molecule has 0 amide bonds. The molecule has 0 spiro atoms. The number of carbonyl (C=O) groups is 1. The molecule has 6 heteroatoms. The molecule has 4 nitrogen and oxygen atoms in total. The minimum atomic E-state index is -4.09. The summed E-state index contributed by atoms with van der Waals surface area (Å²) in [7, 11) is -2.88. The number of carbonyl (C=O) groups excluding carboxylic acids is 1. The Bertz CT molecular complexity index is 1160. The van der Waals surface area contributed by atoms with Crippen molar-refractivity contribution < 1.29 is 17.9 Å². The monoisotopic (exact) mass is 486 g/mol. The quantitative estimate of drug-likeness (QED) is 0.304. The summed E-state index contributed by atoms with van der Waals surface area (Å²) in [4.78, 5) is 12.6. The van der Waals surface area contributed by atoms with Crippen LogP contribution in [-0.2, 0) is 19.4 Å². The van der Waals surface area contributed by atoms with Gasteiger partial charge in [-0.05, 0) is 0 Å². The molecular weight excluding hydrogens is 463 g/mol. The summed E-state index contributed by atoms with van der Waals surface area (Å²) < 4.78 is 33.5. The second kappa shape index (κ2) is 9.43. The molecule has 0 radical (unpaired) electrons. The second-order valence-corrected chi connectivity index (χ2v) is 10.9. The molecular formula is C24H22O4SSe. The third kappa shape index (κ3) is 4.90. The zero-order valence-corrected chi connectivity index (χ0v) is 19.5. The Morgan fingerprint density at radius 1 is 0.800 bits per heavy atom. The van der Waals surface area contributed by atoms with Crippen molar-refractivity contribution in [1.29, 1.82) is 0 Å². The zero-order chi connectivity index (χ0) is 21.7. The van der Waals surface area contributed by atoms with Crippen molar-refractivity contribution in [1.82, 2.24) is 0 Å². The molecule has 3 aromatic rings. The van der Waals surface area contributed by atoms with E-state index >= 15 is 0 Å². The van der Waals surface area contributed by atoms with Gasteiger partial charge in [0.25, 0.3) is 0 Å². The second-order valence-electron chi connectivity index (χ2n) is 6.75. The van der Waals surface area contributed by atoms with Crippen LogP contribution in [0.5, 0.6) is 0 Å². The Labute approximate surface area is 183 Å². The van der Waals surface area contributed by atoms with Crippen molar-refractivity contribution in [2.45, 2.75) is 18.7 Å². The average Bonchev–Trinajstić information content (AvgIpc) is 2.74. The van der Waals surface area contributed by atoms with Gasteiger partial charge in [0.15, 0.2) is 0 Å². The van der Waals surface area contributed by atoms with E-state index in [1.165, 1.54) is 19.2 Å². The molecule has 3 aromatic carbocycles. The van der Waals surface area contributed by atoms with Crippen LogP contribution in [0.2, 0.25) is 0 Å². The number of benzene rings is 3. The van der Waals surface area contributed by atoms with Gasteiger partial charge >= 0.3 is 184 Å². The third-order valence-corrected chi connectivity index (χ3v) is 8.96. The summed E-state index contributed by atoms with van der Waals surface area (Å²) in [5.74, 6) is -0.857. The molecule has 154 valence electrons. The fraction of sp³-hybridized carbons (Fsp3) is 0.125. The van der Waals surface area contributed by atoms with Crippen LogP contribution < -0.4 is 4.46 Å². The fourth-order valence-corrected chi connectivity index (χ4v) is 7.11. The summed E-state index contributed by atoms with van der Waals surface area (Å²) in [6.07, 6.45) is 0. The maximum atomic E-state index is 13.6. The van der Waals surface area contributed by atoms with Crippen LogP contribution in [0, 0.1) is 13.8 Å². The van der Waals surface area contributed by atoms with Crippen molar-refractivity contribution >= 4 is 39.7 Å². The molecule has 0 saturated heterocycles. The molecule has 0 atom stereocenters. The number of ether oxygens (including phenoxy) is 1. The SMILES string of the molecule is COC(=O)/C(=C(\[Se]c1ccccc1)c1ccc(C)cc1)S(=O)(=O)c1ccc(C)cc1. The van der Waals surface area contributed by atoms with Crippen molar-refractivity contribution in [3.63, 3.8) is 0 Å². The predicted molar refractivity (Wildman–Crippen MR) is 120 cm³/mol. The van der Waals surface area contributed by atoms with Crippen molar-refractivity contribution in [3.8, 4) is 0 Å². The molecule has 0 saturated carbocycles. The number of hydrogen-bond acceptors (Lipinski definition) is 4. The van der Waals surface area contributed by atoms with Crippen molar-refractivity contribution in [2.75, 3.05) is 7.11 Å². The van der Waals surface area contributed by atoms with E-state index in [0.717, 1.165) is 15.6 Å². The molecule has 0 aromatic heterocycles. The number of methoxy groups -OCH3 is 1. The van der Waals surface area contributed by atoms with Crippen LogP contribution >= 0.6 is 0 Å². The van der Waals surface area contributed by atoms with Crippen LogP contribution in [0.1, 0.15) is 16.7 Å². The minimum absolute atomic E-state index is 0.0713. The number of hydrogen-bond donors (Lipinski definition) is 0. The van der Waals surface area contributed by atoms with E-state index in [1.54, 1.807) is 12.1 Å². The molecule has 30 heavy (non-hydrogen) atoms. The number of esters is 1. The topological polar surface area (TPSA) is 60.4 Å². The average molecular weight is 485 g/mol. The number of rotatable bonds is 6. The summed E-state index contributed by atoms with van der Waals surface area (Å²) in [6, 6.07) is 23.6. The predicted octanol–water partition coefficient (Wildman–Crippen LogP) is 3.65. The van der Waals surface area contributed by atoms with Crippen LogP contribution in [0.4, 0.5) is 0 Å². The molecule has 0 aliphatic rings. The zero-order valence-electron chi connectivity index (χ0n) is 17.0. The summed E-state index contributed by atoms with van der Waals surface area (Å²) in [6.45, 7) is 3.84. The van der Waals surface area contributed by atoms with Crippen molar-refractivity contribution in [2.24, 2.45) is 0 Å². The third-order valence-electron chi connectivity index (χ3n) is 4.45. The van der Waals surface area contributed by atoms with Gasteiger partial charge in [-0.25, -0.2) is 0 Å². The maximum absolute atomic E-state index is 13.6. The number of sulfone groups is 1. The molecule has 0 aliphatic heterocycles. The van der Waals surface area contributed by atoms with Crippen LogP contribution in [0.3, 0.4) is 0 Å². The summed E-state index contributed by atoms with van der Waals surface area (Å²) >= 11 is -0.433. The Kier molecular flexibility index (Phi) is 6.93. The molecule has 0 heterocycles. The Morgan fingerprint density at radius 3 is 1.87 bits per heavy atom. The molecule has 0 bridgehead atoms. The molecule has 0 aliphatic carbocycles. The van der Waals surface area contributed by atoms with Gasteiger partial charge in [0, 0.05) is 0 Å². The summed E-state index contributed by atoms with van der Waals surface area (Å²) in [5.41, 5.74) is 2.68. The standard InChI is InChI=1S/C24H22O4SSe/c1-17-9-13-19(14-10-17)23(30-21-7-5-4-6-8-21)22(24(25)28-3)29(26,27)20-15-11-18(2)12-16-20/h4-16H,1-3H3/b23-22+. The van der Waals surface area contributed by atoms with Crippen LogP contribution in [0.15, 0.2) is 88.7 Å². The van der Waals surface area contributed by atoms with Crippen LogP contribution in [-0.4, -0.2) is 36.5 Å². The van der Waals surface area contributed by atoms with Gasteiger partial charge in [-0.1, -0.05) is 0 Å². The first-order valence-electron chi connectivity index (χ1n) is 9.27. The molecule has 0 N–H and O–H groups in total. The van der Waals surface area contributed by atoms with Gasteiger partial charge in [0.2, 0.25) is 0 Å². The van der Waals surface area contributed by atoms with Gasteiger partial charge in [-0.2, -0.15) is 0 Å². The molecule has 3 rings (SSSR count). The first-order chi connectivity index (χ1) is 14.3. The first kappa shape index (κ1) is 22.0. The fourth-order valence-electron chi connectivity index (χ4n) is 2.80. The Balaban J connectivity index is 2.30. The van der Waals surface area contributed by atoms with Gasteiger partial charge in [0.05, 0.1) is 0 Å². The van der Waals surface area contributed by atoms with Crippen molar-refractivity contribution in [3.05, 3.63) is 100 Å². The van der Waals surface area contributed by atoms with E-state index in [0.29, 0.717) is 10.0 Å². The van der Waals surface area contributed by atoms with E-state index in [2.05, 4.69) is 0 Å². The first-order valence-corrected chi connectivity index (χ1v) is 12.5. The number of aryl methyl sites for hydroxylation is 2. The van der Waals surface area contributed by atoms with E-state index in [4.69, 9.17) is 4.74 Å². The van der Waals surface area contributed by atoms with Gasteiger partial charge < -0.3 is 0 Å². The summed E-state index contributed by atoms with van der Waals surface area (Å²) in [5, 5.41) is 0. The molecule has 0 unspecified atom stereocenters. The van der Waals surface area contributed by atoms with Crippen LogP contribution in [0.25, 0.3) is 4.47 Å².